The smallest absolute Gasteiger partial charge is 0.270 e. The number of fused-ring (bicyclic) bond motifs is 2. The Morgan fingerprint density at radius 3 is 2.50 bits per heavy atom. The molecule has 2 aliphatic heterocycles. The van der Waals surface area contributed by atoms with Crippen molar-refractivity contribution in [1.82, 2.24) is 5.48 Å². The van der Waals surface area contributed by atoms with Gasteiger partial charge in [0.1, 0.15) is 0 Å². The van der Waals surface area contributed by atoms with E-state index < -0.39 is 17.9 Å². The van der Waals surface area contributed by atoms with Crippen molar-refractivity contribution in [1.29, 1.82) is 0 Å². The third kappa shape index (κ3) is 2.49. The molecule has 30 heavy (non-hydrogen) atoms. The van der Waals surface area contributed by atoms with Crippen LogP contribution in [0.1, 0.15) is 5.56 Å². The summed E-state index contributed by atoms with van der Waals surface area (Å²) in [5.41, 5.74) is 4.51. The van der Waals surface area contributed by atoms with Gasteiger partial charge in [0.2, 0.25) is 0 Å². The van der Waals surface area contributed by atoms with Gasteiger partial charge in [-0.05, 0) is 23.6 Å². The van der Waals surface area contributed by atoms with Gasteiger partial charge in [-0.25, -0.2) is 4.90 Å². The van der Waals surface area contributed by atoms with Crippen LogP contribution in [0.15, 0.2) is 66.2 Å². The van der Waals surface area contributed by atoms with E-state index in [1.54, 1.807) is 24.3 Å². The molecule has 5 rings (SSSR count). The summed E-state index contributed by atoms with van der Waals surface area (Å²) in [6, 6.07) is 18.5. The minimum absolute atomic E-state index is 0.250. The Morgan fingerprint density at radius 1 is 0.933 bits per heavy atom. The van der Waals surface area contributed by atoms with Gasteiger partial charge in [0.15, 0.2) is 17.6 Å². The van der Waals surface area contributed by atoms with Crippen LogP contribution in [-0.2, 0) is 14.4 Å². The Balaban J connectivity index is 1.67. The standard InChI is InChI=1S/C23H18N2O5/c1-28-17-12-6-10-15(20(17)29-2)19-18-21(30-24-19)23(27)25(22(18)26)16-11-5-8-13-7-3-4-9-14(13)16/h3-12,21,24H,1-2H3/t21-/m0/s1. The summed E-state index contributed by atoms with van der Waals surface area (Å²) < 4.78 is 10.9. The number of ether oxygens (including phenoxy) is 2. The van der Waals surface area contributed by atoms with Crippen molar-refractivity contribution < 1.29 is 23.9 Å². The lowest BCUT2D eigenvalue weighted by Gasteiger charge is -2.18. The molecule has 0 bridgehead atoms. The first-order valence-electron chi connectivity index (χ1n) is 9.39. The quantitative estimate of drug-likeness (QED) is 0.676. The number of nitrogens with zero attached hydrogens (tertiary/aromatic N) is 1. The average molecular weight is 402 g/mol. The minimum Gasteiger partial charge on any atom is -0.493 e. The van der Waals surface area contributed by atoms with Gasteiger partial charge in [-0.2, -0.15) is 0 Å². The number of rotatable bonds is 4. The van der Waals surface area contributed by atoms with E-state index in [1.165, 1.54) is 19.1 Å². The summed E-state index contributed by atoms with van der Waals surface area (Å²) in [7, 11) is 3.05. The zero-order valence-electron chi connectivity index (χ0n) is 16.3. The van der Waals surface area contributed by atoms with Crippen molar-refractivity contribution in [3.05, 3.63) is 71.8 Å². The molecule has 0 spiro atoms. The van der Waals surface area contributed by atoms with Crippen LogP contribution in [0.25, 0.3) is 16.5 Å². The fraction of sp³-hybridized carbons (Fsp3) is 0.130. The summed E-state index contributed by atoms with van der Waals surface area (Å²) in [6.07, 6.45) is -1.03. The predicted molar refractivity (Wildman–Crippen MR) is 111 cm³/mol. The fourth-order valence-corrected chi connectivity index (χ4v) is 4.01. The Bertz CT molecular complexity index is 1230. The average Bonchev–Trinajstić information content (AvgIpc) is 3.32. The maximum absolute atomic E-state index is 13.4. The Morgan fingerprint density at radius 2 is 1.70 bits per heavy atom. The second kappa shape index (κ2) is 6.89. The van der Waals surface area contributed by atoms with E-state index in [4.69, 9.17) is 14.3 Å². The van der Waals surface area contributed by atoms with Gasteiger partial charge in [0.25, 0.3) is 11.8 Å². The summed E-state index contributed by atoms with van der Waals surface area (Å²) in [5, 5.41) is 1.76. The molecule has 3 aromatic carbocycles. The molecule has 0 saturated carbocycles. The highest BCUT2D eigenvalue weighted by Gasteiger charge is 2.51. The van der Waals surface area contributed by atoms with Crippen molar-refractivity contribution in [2.45, 2.75) is 6.10 Å². The van der Waals surface area contributed by atoms with E-state index in [-0.39, 0.29) is 5.57 Å². The number of benzene rings is 3. The Kier molecular flexibility index (Phi) is 4.18. The SMILES string of the molecule is COc1cccc(C2=C3C(=O)N(c4cccc5ccccc45)C(=O)[C@H]3ON2)c1OC. The van der Waals surface area contributed by atoms with Gasteiger partial charge in [-0.3, -0.25) is 19.9 Å². The van der Waals surface area contributed by atoms with E-state index in [1.807, 2.05) is 36.4 Å². The number of nitrogens with one attached hydrogen (secondary N) is 1. The van der Waals surface area contributed by atoms with Gasteiger partial charge in [-0.1, -0.05) is 42.5 Å². The molecule has 1 saturated heterocycles. The van der Waals surface area contributed by atoms with Crippen LogP contribution < -0.4 is 19.9 Å². The summed E-state index contributed by atoms with van der Waals surface area (Å²) >= 11 is 0. The molecule has 1 atom stereocenters. The molecule has 7 heteroatoms. The molecular formula is C23H18N2O5. The molecule has 0 aromatic heterocycles. The van der Waals surface area contributed by atoms with Crippen LogP contribution >= 0.6 is 0 Å². The number of carbonyl (C=O) groups excluding carboxylic acids is 2. The number of anilines is 1. The molecule has 0 radical (unpaired) electrons. The lowest BCUT2D eigenvalue weighted by atomic mass is 10.0. The number of hydrogen-bond donors (Lipinski definition) is 1. The zero-order chi connectivity index (χ0) is 20.8. The van der Waals surface area contributed by atoms with Crippen molar-refractivity contribution in [3.8, 4) is 11.5 Å². The van der Waals surface area contributed by atoms with Crippen LogP contribution in [0.3, 0.4) is 0 Å². The number of para-hydroxylation sites is 1. The number of amides is 2. The number of carbonyl (C=O) groups is 2. The molecule has 150 valence electrons. The zero-order valence-corrected chi connectivity index (χ0v) is 16.3. The molecule has 0 aliphatic carbocycles. The molecule has 2 aliphatic rings. The molecule has 1 fully saturated rings. The Hall–Kier alpha value is -3.84. The first kappa shape index (κ1) is 18.2. The maximum Gasteiger partial charge on any atom is 0.270 e. The highest BCUT2D eigenvalue weighted by atomic mass is 16.7. The Labute approximate surface area is 172 Å². The van der Waals surface area contributed by atoms with Crippen molar-refractivity contribution >= 4 is 34.0 Å². The van der Waals surface area contributed by atoms with Gasteiger partial charge in [-0.15, -0.1) is 0 Å². The van der Waals surface area contributed by atoms with E-state index in [2.05, 4.69) is 5.48 Å². The molecule has 0 unspecified atom stereocenters. The normalized spacial score (nSPS) is 18.1. The largest absolute Gasteiger partial charge is 0.493 e. The lowest BCUT2D eigenvalue weighted by Crippen LogP contribution is -2.34. The van der Waals surface area contributed by atoms with Crippen molar-refractivity contribution in [2.75, 3.05) is 19.1 Å². The first-order chi connectivity index (χ1) is 14.7. The molecule has 1 N–H and O–H groups in total. The number of imide groups is 1. The molecule has 7 nitrogen and oxygen atoms in total. The molecule has 2 amide bonds. The monoisotopic (exact) mass is 402 g/mol. The fourth-order valence-electron chi connectivity index (χ4n) is 4.01. The van der Waals surface area contributed by atoms with Gasteiger partial charge < -0.3 is 9.47 Å². The topological polar surface area (TPSA) is 77.1 Å². The highest BCUT2D eigenvalue weighted by molar-refractivity contribution is 6.34. The van der Waals surface area contributed by atoms with E-state index in [0.717, 1.165) is 10.8 Å². The molecular weight excluding hydrogens is 384 g/mol. The lowest BCUT2D eigenvalue weighted by molar-refractivity contribution is -0.127. The van der Waals surface area contributed by atoms with Crippen LogP contribution in [0.4, 0.5) is 5.69 Å². The predicted octanol–water partition coefficient (Wildman–Crippen LogP) is 3.04. The van der Waals surface area contributed by atoms with Gasteiger partial charge >= 0.3 is 0 Å². The third-order valence-electron chi connectivity index (χ3n) is 5.37. The van der Waals surface area contributed by atoms with Crippen LogP contribution in [-0.4, -0.2) is 32.1 Å². The van der Waals surface area contributed by atoms with E-state index >= 15 is 0 Å². The number of hydrogen-bond acceptors (Lipinski definition) is 6. The minimum atomic E-state index is -1.03. The first-order valence-corrected chi connectivity index (χ1v) is 9.39. The summed E-state index contributed by atoms with van der Waals surface area (Å²) in [4.78, 5) is 33.3. The highest BCUT2D eigenvalue weighted by Crippen LogP contribution is 2.42. The van der Waals surface area contributed by atoms with Crippen LogP contribution in [0.2, 0.25) is 0 Å². The van der Waals surface area contributed by atoms with Crippen molar-refractivity contribution in [2.24, 2.45) is 0 Å². The van der Waals surface area contributed by atoms with Crippen LogP contribution in [0, 0.1) is 0 Å². The van der Waals surface area contributed by atoms with Crippen LogP contribution in [0.5, 0.6) is 11.5 Å². The number of hydroxylamine groups is 1. The van der Waals surface area contributed by atoms with Gasteiger partial charge in [0, 0.05) is 10.9 Å². The van der Waals surface area contributed by atoms with Gasteiger partial charge in [0.05, 0.1) is 31.2 Å². The molecule has 2 heterocycles. The summed E-state index contributed by atoms with van der Waals surface area (Å²) in [5.74, 6) is 0.0982. The molecule has 3 aromatic rings. The van der Waals surface area contributed by atoms with E-state index in [0.29, 0.717) is 28.4 Å². The second-order valence-electron chi connectivity index (χ2n) is 6.91. The number of methoxy groups -OCH3 is 2. The second-order valence-corrected chi connectivity index (χ2v) is 6.91. The summed E-state index contributed by atoms with van der Waals surface area (Å²) in [6.45, 7) is 0. The van der Waals surface area contributed by atoms with Crippen molar-refractivity contribution in [3.63, 3.8) is 0 Å². The third-order valence-corrected chi connectivity index (χ3v) is 5.37. The van der Waals surface area contributed by atoms with E-state index in [9.17, 15) is 9.59 Å². The maximum atomic E-state index is 13.4.